The number of esters is 1. The lowest BCUT2D eigenvalue weighted by Gasteiger charge is -2.32. The van der Waals surface area contributed by atoms with Crippen molar-refractivity contribution >= 4 is 29.0 Å². The van der Waals surface area contributed by atoms with E-state index in [4.69, 9.17) is 19.3 Å². The van der Waals surface area contributed by atoms with Crippen molar-refractivity contribution in [1.29, 1.82) is 0 Å². The third-order valence-electron chi connectivity index (χ3n) is 6.29. The van der Waals surface area contributed by atoms with Gasteiger partial charge in [0.15, 0.2) is 29.3 Å². The molecular weight excluding hydrogens is 494 g/mol. The summed E-state index contributed by atoms with van der Waals surface area (Å²) in [6.07, 6.45) is -0.535. The normalized spacial score (nSPS) is 14.5. The molecule has 1 atom stereocenters. The van der Waals surface area contributed by atoms with Crippen LogP contribution >= 0.6 is 0 Å². The van der Waals surface area contributed by atoms with E-state index < -0.39 is 12.1 Å². The van der Waals surface area contributed by atoms with Crippen molar-refractivity contribution in [2.24, 2.45) is 5.10 Å². The SMILES string of the molecule is COc1ccc(N2C(C(C)=O)=NN(c3ccccc3)[C@@H]2c2ccc(OC(=O)c3ccccc3)c(OC)c2)cc1. The van der Waals surface area contributed by atoms with Crippen molar-refractivity contribution in [3.8, 4) is 17.2 Å². The molecule has 8 heteroatoms. The quantitative estimate of drug-likeness (QED) is 0.213. The number of amidine groups is 1. The first-order chi connectivity index (χ1) is 19.0. The van der Waals surface area contributed by atoms with E-state index >= 15 is 0 Å². The topological polar surface area (TPSA) is 80.7 Å². The molecule has 0 amide bonds. The number of benzene rings is 4. The van der Waals surface area contributed by atoms with E-state index in [2.05, 4.69) is 0 Å². The Kier molecular flexibility index (Phi) is 7.27. The number of anilines is 2. The third-order valence-corrected chi connectivity index (χ3v) is 6.29. The van der Waals surface area contributed by atoms with E-state index in [-0.39, 0.29) is 17.4 Å². The minimum Gasteiger partial charge on any atom is -0.497 e. The first kappa shape index (κ1) is 25.5. The van der Waals surface area contributed by atoms with Gasteiger partial charge in [0, 0.05) is 18.2 Å². The molecule has 0 spiro atoms. The van der Waals surface area contributed by atoms with Crippen LogP contribution in [0.15, 0.2) is 108 Å². The average molecular weight is 522 g/mol. The van der Waals surface area contributed by atoms with Crippen LogP contribution < -0.4 is 24.1 Å². The van der Waals surface area contributed by atoms with E-state index in [0.29, 0.717) is 17.1 Å². The monoisotopic (exact) mass is 521 g/mol. The van der Waals surface area contributed by atoms with Gasteiger partial charge in [-0.15, -0.1) is 5.10 Å². The second kappa shape index (κ2) is 11.1. The lowest BCUT2D eigenvalue weighted by atomic mass is 10.1. The van der Waals surface area contributed by atoms with Crippen LogP contribution in [-0.4, -0.2) is 31.8 Å². The largest absolute Gasteiger partial charge is 0.497 e. The summed E-state index contributed by atoms with van der Waals surface area (Å²) in [6, 6.07) is 31.1. The van der Waals surface area contributed by atoms with Crippen molar-refractivity contribution < 1.29 is 23.8 Å². The number of Topliss-reactive ketones (excluding diaryl/α,β-unsaturated/α-hetero) is 1. The lowest BCUT2D eigenvalue weighted by Crippen LogP contribution is -2.37. The zero-order valence-electron chi connectivity index (χ0n) is 21.8. The zero-order chi connectivity index (χ0) is 27.4. The minimum absolute atomic E-state index is 0.186. The Morgan fingerprint density at radius 3 is 2.03 bits per heavy atom. The summed E-state index contributed by atoms with van der Waals surface area (Å²) in [5, 5.41) is 6.55. The maximum absolute atomic E-state index is 12.8. The molecule has 4 aromatic carbocycles. The average Bonchev–Trinajstić information content (AvgIpc) is 3.39. The number of hydrogen-bond acceptors (Lipinski definition) is 8. The lowest BCUT2D eigenvalue weighted by molar-refractivity contribution is -0.111. The Morgan fingerprint density at radius 1 is 0.744 bits per heavy atom. The summed E-state index contributed by atoms with van der Waals surface area (Å²) < 4.78 is 16.6. The minimum atomic E-state index is -0.535. The number of ketones is 1. The van der Waals surface area contributed by atoms with Gasteiger partial charge < -0.3 is 14.2 Å². The highest BCUT2D eigenvalue weighted by Crippen LogP contribution is 2.42. The molecule has 39 heavy (non-hydrogen) atoms. The fourth-order valence-electron chi connectivity index (χ4n) is 4.41. The fourth-order valence-corrected chi connectivity index (χ4v) is 4.41. The summed E-state index contributed by atoms with van der Waals surface area (Å²) in [5.41, 5.74) is 2.76. The molecule has 0 N–H and O–H groups in total. The Labute approximate surface area is 226 Å². The van der Waals surface area contributed by atoms with E-state index in [1.54, 1.807) is 48.5 Å². The molecule has 0 radical (unpaired) electrons. The Hall–Kier alpha value is -5.11. The number of rotatable bonds is 8. The van der Waals surface area contributed by atoms with Crippen LogP contribution in [0.25, 0.3) is 0 Å². The zero-order valence-corrected chi connectivity index (χ0v) is 21.8. The summed E-state index contributed by atoms with van der Waals surface area (Å²) in [4.78, 5) is 27.4. The van der Waals surface area contributed by atoms with Crippen molar-refractivity contribution in [2.75, 3.05) is 24.1 Å². The van der Waals surface area contributed by atoms with Crippen LogP contribution in [0.5, 0.6) is 17.2 Å². The number of para-hydroxylation sites is 1. The molecule has 0 bridgehead atoms. The highest BCUT2D eigenvalue weighted by molar-refractivity contribution is 6.44. The van der Waals surface area contributed by atoms with E-state index in [9.17, 15) is 9.59 Å². The fraction of sp³-hybridized carbons (Fsp3) is 0.129. The van der Waals surface area contributed by atoms with Gasteiger partial charge >= 0.3 is 5.97 Å². The predicted molar refractivity (Wildman–Crippen MR) is 150 cm³/mol. The van der Waals surface area contributed by atoms with Crippen LogP contribution in [0.2, 0.25) is 0 Å². The molecule has 0 saturated heterocycles. The van der Waals surface area contributed by atoms with Gasteiger partial charge in [0.2, 0.25) is 0 Å². The molecule has 1 aliphatic rings. The van der Waals surface area contributed by atoms with Gasteiger partial charge in [-0.25, -0.2) is 9.80 Å². The van der Waals surface area contributed by atoms with Crippen molar-refractivity contribution in [2.45, 2.75) is 13.1 Å². The van der Waals surface area contributed by atoms with Gasteiger partial charge in [-0.1, -0.05) is 42.5 Å². The highest BCUT2D eigenvalue weighted by Gasteiger charge is 2.39. The van der Waals surface area contributed by atoms with Crippen molar-refractivity contribution in [3.05, 3.63) is 114 Å². The molecule has 0 fully saturated rings. The van der Waals surface area contributed by atoms with E-state index in [0.717, 1.165) is 16.9 Å². The van der Waals surface area contributed by atoms with Gasteiger partial charge in [-0.05, 0) is 60.7 Å². The Bertz CT molecular complexity index is 1500. The molecule has 5 rings (SSSR count). The first-order valence-electron chi connectivity index (χ1n) is 12.3. The standard InChI is InChI=1S/C31H27N3O5/c1-21(35)29-32-34(25-12-8-5-9-13-25)30(33(29)24-15-17-26(37-2)18-16-24)23-14-19-27(28(20-23)38-3)39-31(36)22-10-6-4-7-11-22/h4-20,30H,1-3H3/t30-/m1/s1. The number of ether oxygens (including phenoxy) is 3. The maximum Gasteiger partial charge on any atom is 0.343 e. The van der Waals surface area contributed by atoms with Crippen LogP contribution in [-0.2, 0) is 4.79 Å². The predicted octanol–water partition coefficient (Wildman–Crippen LogP) is 5.85. The molecular formula is C31H27N3O5. The van der Waals surface area contributed by atoms with Gasteiger partial charge in [0.1, 0.15) is 5.75 Å². The van der Waals surface area contributed by atoms with Crippen LogP contribution in [0.4, 0.5) is 11.4 Å². The van der Waals surface area contributed by atoms with Gasteiger partial charge in [0.25, 0.3) is 0 Å². The summed E-state index contributed by atoms with van der Waals surface area (Å²) in [5.74, 6) is 0.957. The number of hydrogen-bond donors (Lipinski definition) is 0. The molecule has 0 saturated carbocycles. The Balaban J connectivity index is 1.58. The van der Waals surface area contributed by atoms with Gasteiger partial charge in [-0.3, -0.25) is 9.69 Å². The number of carbonyl (C=O) groups excluding carboxylic acids is 2. The van der Waals surface area contributed by atoms with Crippen LogP contribution in [0.1, 0.15) is 29.0 Å². The number of nitrogens with zero attached hydrogens (tertiary/aromatic N) is 3. The molecule has 1 aliphatic heterocycles. The maximum atomic E-state index is 12.8. The molecule has 4 aromatic rings. The van der Waals surface area contributed by atoms with Gasteiger partial charge in [-0.2, -0.15) is 0 Å². The summed E-state index contributed by atoms with van der Waals surface area (Å²) in [6.45, 7) is 1.49. The Morgan fingerprint density at radius 2 is 1.41 bits per heavy atom. The summed E-state index contributed by atoms with van der Waals surface area (Å²) >= 11 is 0. The van der Waals surface area contributed by atoms with E-state index in [1.807, 2.05) is 71.6 Å². The highest BCUT2D eigenvalue weighted by atomic mass is 16.6. The second-order valence-corrected chi connectivity index (χ2v) is 8.77. The van der Waals surface area contributed by atoms with Gasteiger partial charge in [0.05, 0.1) is 25.5 Å². The number of methoxy groups -OCH3 is 2. The molecule has 0 unspecified atom stereocenters. The second-order valence-electron chi connectivity index (χ2n) is 8.77. The smallest absolute Gasteiger partial charge is 0.343 e. The van der Waals surface area contributed by atoms with Crippen molar-refractivity contribution in [1.82, 2.24) is 0 Å². The number of carbonyl (C=O) groups is 2. The molecule has 0 aromatic heterocycles. The third kappa shape index (κ3) is 5.17. The van der Waals surface area contributed by atoms with Crippen LogP contribution in [0, 0.1) is 0 Å². The molecule has 0 aliphatic carbocycles. The molecule has 196 valence electrons. The van der Waals surface area contributed by atoms with Crippen molar-refractivity contribution in [3.63, 3.8) is 0 Å². The van der Waals surface area contributed by atoms with E-state index in [1.165, 1.54) is 14.0 Å². The molecule has 1 heterocycles. The number of hydrazone groups is 1. The molecule has 8 nitrogen and oxygen atoms in total. The first-order valence-corrected chi connectivity index (χ1v) is 12.3. The van der Waals surface area contributed by atoms with Crippen LogP contribution in [0.3, 0.4) is 0 Å². The summed E-state index contributed by atoms with van der Waals surface area (Å²) in [7, 11) is 3.12.